The minimum atomic E-state index is 0.341. The van der Waals surface area contributed by atoms with Crippen LogP contribution in [-0.2, 0) is 6.42 Å². The molecule has 0 aliphatic heterocycles. The van der Waals surface area contributed by atoms with Crippen molar-refractivity contribution in [1.29, 1.82) is 0 Å². The molecule has 2 rings (SSSR count). The number of aromatic hydroxyl groups is 1. The summed E-state index contributed by atoms with van der Waals surface area (Å²) in [5.74, 6) is 1.65. The highest BCUT2D eigenvalue weighted by atomic mass is 79.9. The maximum Gasteiger partial charge on any atom is 0.133 e. The topological polar surface area (TPSA) is 29.5 Å². The van der Waals surface area contributed by atoms with Crippen molar-refractivity contribution in [1.82, 2.24) is 0 Å². The molecule has 0 fully saturated rings. The lowest BCUT2D eigenvalue weighted by molar-refractivity contribution is 0.406. The van der Waals surface area contributed by atoms with Crippen molar-refractivity contribution < 1.29 is 9.84 Å². The summed E-state index contributed by atoms with van der Waals surface area (Å²) in [5, 5.41) is 9.86. The maximum absolute atomic E-state index is 9.86. The first-order valence-electron chi connectivity index (χ1n) is 5.43. The van der Waals surface area contributed by atoms with Crippen LogP contribution in [0, 0.1) is 5.92 Å². The van der Waals surface area contributed by atoms with Crippen LogP contribution >= 0.6 is 15.9 Å². The molecule has 2 nitrogen and oxygen atoms in total. The van der Waals surface area contributed by atoms with E-state index in [1.54, 1.807) is 19.2 Å². The van der Waals surface area contributed by atoms with Gasteiger partial charge in [-0.2, -0.15) is 0 Å². The Morgan fingerprint density at radius 2 is 2.31 bits per heavy atom. The van der Waals surface area contributed by atoms with Gasteiger partial charge in [-0.05, 0) is 53.2 Å². The van der Waals surface area contributed by atoms with Crippen LogP contribution in [0.15, 0.2) is 28.8 Å². The lowest BCUT2D eigenvalue weighted by Gasteiger charge is -2.13. The van der Waals surface area contributed by atoms with Crippen LogP contribution in [0.3, 0.4) is 0 Å². The van der Waals surface area contributed by atoms with Gasteiger partial charge in [0.25, 0.3) is 0 Å². The molecule has 0 saturated carbocycles. The Morgan fingerprint density at radius 3 is 2.94 bits per heavy atom. The Morgan fingerprint density at radius 1 is 1.50 bits per heavy atom. The van der Waals surface area contributed by atoms with Gasteiger partial charge in [0.05, 0.1) is 11.6 Å². The molecule has 1 aromatic rings. The molecule has 1 aromatic carbocycles. The zero-order valence-electron chi connectivity index (χ0n) is 9.24. The molecule has 1 atom stereocenters. The highest BCUT2D eigenvalue weighted by molar-refractivity contribution is 9.10. The van der Waals surface area contributed by atoms with Crippen LogP contribution < -0.4 is 4.74 Å². The molecule has 0 aromatic heterocycles. The third-order valence-electron chi connectivity index (χ3n) is 2.98. The lowest BCUT2D eigenvalue weighted by atomic mass is 9.98. The van der Waals surface area contributed by atoms with Gasteiger partial charge in [0.15, 0.2) is 0 Å². The van der Waals surface area contributed by atoms with E-state index in [4.69, 9.17) is 4.74 Å². The number of phenols is 1. The number of hydrogen-bond acceptors (Lipinski definition) is 2. The van der Waals surface area contributed by atoms with Gasteiger partial charge in [0.1, 0.15) is 11.5 Å². The summed E-state index contributed by atoms with van der Waals surface area (Å²) in [7, 11) is 1.64. The zero-order valence-corrected chi connectivity index (χ0v) is 10.8. The Labute approximate surface area is 104 Å². The van der Waals surface area contributed by atoms with Crippen LogP contribution in [0.2, 0.25) is 0 Å². The molecule has 0 radical (unpaired) electrons. The fourth-order valence-electron chi connectivity index (χ4n) is 2.07. The standard InChI is InChI=1S/C13H15BrO2/c1-16-12-7-6-11(15)10(13(12)14)8-9-4-2-3-5-9/h2,4,6-7,9,15H,3,5,8H2,1H3. The molecule has 3 heteroatoms. The van der Waals surface area contributed by atoms with Gasteiger partial charge in [-0.3, -0.25) is 0 Å². The summed E-state index contributed by atoms with van der Waals surface area (Å²) in [5.41, 5.74) is 0.941. The third kappa shape index (κ3) is 2.24. The Hall–Kier alpha value is -0.960. The monoisotopic (exact) mass is 282 g/mol. The average Bonchev–Trinajstić information content (AvgIpc) is 2.77. The summed E-state index contributed by atoms with van der Waals surface area (Å²) < 4.78 is 6.10. The second kappa shape index (κ2) is 4.91. The van der Waals surface area contributed by atoms with Crippen LogP contribution in [-0.4, -0.2) is 12.2 Å². The first kappa shape index (κ1) is 11.5. The minimum absolute atomic E-state index is 0.341. The van der Waals surface area contributed by atoms with Crippen molar-refractivity contribution in [2.75, 3.05) is 7.11 Å². The minimum Gasteiger partial charge on any atom is -0.508 e. The van der Waals surface area contributed by atoms with Crippen LogP contribution in [0.5, 0.6) is 11.5 Å². The second-order valence-corrected chi connectivity index (χ2v) is 4.84. The predicted molar refractivity (Wildman–Crippen MR) is 67.9 cm³/mol. The molecule has 0 amide bonds. The SMILES string of the molecule is COc1ccc(O)c(CC2C=CCC2)c1Br. The van der Waals surface area contributed by atoms with Crippen molar-refractivity contribution in [3.8, 4) is 11.5 Å². The molecule has 86 valence electrons. The van der Waals surface area contributed by atoms with E-state index >= 15 is 0 Å². The van der Waals surface area contributed by atoms with E-state index in [0.29, 0.717) is 11.7 Å². The van der Waals surface area contributed by atoms with Gasteiger partial charge in [-0.25, -0.2) is 0 Å². The van der Waals surface area contributed by atoms with Gasteiger partial charge < -0.3 is 9.84 Å². The zero-order chi connectivity index (χ0) is 11.5. The molecule has 0 spiro atoms. The maximum atomic E-state index is 9.86. The molecule has 0 saturated heterocycles. The lowest BCUT2D eigenvalue weighted by Crippen LogP contribution is -2.00. The van der Waals surface area contributed by atoms with Crippen LogP contribution in [0.1, 0.15) is 18.4 Å². The molecule has 1 aliphatic rings. The summed E-state index contributed by atoms with van der Waals surface area (Å²) in [6.45, 7) is 0. The average molecular weight is 283 g/mol. The second-order valence-electron chi connectivity index (χ2n) is 4.05. The van der Waals surface area contributed by atoms with Gasteiger partial charge in [-0.15, -0.1) is 0 Å². The fourth-order valence-corrected chi connectivity index (χ4v) is 2.73. The van der Waals surface area contributed by atoms with E-state index in [-0.39, 0.29) is 0 Å². The first-order valence-corrected chi connectivity index (χ1v) is 6.22. The normalized spacial score (nSPS) is 19.0. The number of allylic oxidation sites excluding steroid dienone is 2. The van der Waals surface area contributed by atoms with Crippen molar-refractivity contribution >= 4 is 15.9 Å². The summed E-state index contributed by atoms with van der Waals surface area (Å²) >= 11 is 3.49. The fraction of sp³-hybridized carbons (Fsp3) is 0.385. The predicted octanol–water partition coefficient (Wildman–Crippen LogP) is 3.67. The van der Waals surface area contributed by atoms with E-state index in [1.165, 1.54) is 6.42 Å². The van der Waals surface area contributed by atoms with Gasteiger partial charge in [-0.1, -0.05) is 12.2 Å². The Balaban J connectivity index is 2.27. The van der Waals surface area contributed by atoms with Crippen molar-refractivity contribution in [2.24, 2.45) is 5.92 Å². The number of benzene rings is 1. The number of phenolic OH excluding ortho intramolecular Hbond substituents is 1. The van der Waals surface area contributed by atoms with Crippen molar-refractivity contribution in [2.45, 2.75) is 19.3 Å². The van der Waals surface area contributed by atoms with E-state index in [1.807, 2.05) is 0 Å². The summed E-state index contributed by atoms with van der Waals surface area (Å²) in [4.78, 5) is 0. The highest BCUT2D eigenvalue weighted by Crippen LogP contribution is 2.37. The molecule has 0 heterocycles. The van der Waals surface area contributed by atoms with Crippen LogP contribution in [0.25, 0.3) is 0 Å². The smallest absolute Gasteiger partial charge is 0.133 e. The molecule has 1 aliphatic carbocycles. The van der Waals surface area contributed by atoms with E-state index in [9.17, 15) is 5.11 Å². The van der Waals surface area contributed by atoms with Crippen molar-refractivity contribution in [3.63, 3.8) is 0 Å². The van der Waals surface area contributed by atoms with Gasteiger partial charge >= 0.3 is 0 Å². The molecule has 16 heavy (non-hydrogen) atoms. The number of hydrogen-bond donors (Lipinski definition) is 1. The van der Waals surface area contributed by atoms with E-state index < -0.39 is 0 Å². The van der Waals surface area contributed by atoms with Gasteiger partial charge in [0, 0.05) is 5.56 Å². The van der Waals surface area contributed by atoms with Crippen LogP contribution in [0.4, 0.5) is 0 Å². The Kier molecular flexibility index (Phi) is 3.54. The number of halogens is 1. The number of ether oxygens (including phenoxy) is 1. The quantitative estimate of drug-likeness (QED) is 0.858. The highest BCUT2D eigenvalue weighted by Gasteiger charge is 2.17. The van der Waals surface area contributed by atoms with Crippen molar-refractivity contribution in [3.05, 3.63) is 34.3 Å². The molecule has 1 unspecified atom stereocenters. The number of rotatable bonds is 3. The van der Waals surface area contributed by atoms with E-state index in [0.717, 1.165) is 28.6 Å². The molecule has 1 N–H and O–H groups in total. The number of methoxy groups -OCH3 is 1. The first-order chi connectivity index (χ1) is 7.72. The molecule has 0 bridgehead atoms. The molecular weight excluding hydrogens is 268 g/mol. The Bertz CT molecular complexity index is 413. The summed E-state index contributed by atoms with van der Waals surface area (Å²) in [6, 6.07) is 3.46. The van der Waals surface area contributed by atoms with Gasteiger partial charge in [0.2, 0.25) is 0 Å². The van der Waals surface area contributed by atoms with E-state index in [2.05, 4.69) is 28.1 Å². The third-order valence-corrected chi connectivity index (χ3v) is 3.85. The molecular formula is C13H15BrO2. The summed E-state index contributed by atoms with van der Waals surface area (Å²) in [6.07, 6.45) is 7.61. The largest absolute Gasteiger partial charge is 0.508 e.